The van der Waals surface area contributed by atoms with E-state index in [1.807, 2.05) is 30.5 Å². The molecule has 4 aromatic rings. The molecule has 1 aromatic carbocycles. The number of thiophene rings is 1. The summed E-state index contributed by atoms with van der Waals surface area (Å²) in [7, 11) is 0. The molecule has 3 aromatic heterocycles. The number of nitrogens with zero attached hydrogens (tertiary/aromatic N) is 4. The standard InChI is InChI=1S/C22H21N5O2S.C4H8O/c1-14-3-2-4-15(11-14)16-5-6-27(25-16)20-13-18(26-7-9-29-10-8-26)21-17(24-20)12-19(30-21)22(23)28;1-4-2-5-3-4/h2-6,11-13H,7-10H2,1H3,(H2,23,28);4H,2-3H2,1H3. The second-order valence-electron chi connectivity index (χ2n) is 8.95. The summed E-state index contributed by atoms with van der Waals surface area (Å²) in [4.78, 5) is 19.3. The van der Waals surface area contributed by atoms with Crippen LogP contribution in [-0.4, -0.2) is 60.2 Å². The Hall–Kier alpha value is -3.27. The number of aromatic nitrogens is 3. The third-order valence-corrected chi connectivity index (χ3v) is 7.14. The van der Waals surface area contributed by atoms with Crippen LogP contribution in [0.3, 0.4) is 0 Å². The van der Waals surface area contributed by atoms with Crippen molar-refractivity contribution in [3.05, 3.63) is 59.1 Å². The van der Waals surface area contributed by atoms with Crippen molar-refractivity contribution in [3.63, 3.8) is 0 Å². The fraction of sp³-hybridized carbons (Fsp3) is 0.346. The first kappa shape index (κ1) is 23.5. The third kappa shape index (κ3) is 5.22. The van der Waals surface area contributed by atoms with Gasteiger partial charge in [-0.1, -0.05) is 30.7 Å². The van der Waals surface area contributed by atoms with Crippen LogP contribution in [0.15, 0.2) is 48.7 Å². The number of carbonyl (C=O) groups excluding carboxylic acids is 1. The second-order valence-corrected chi connectivity index (χ2v) is 10.00. The number of amides is 1. The van der Waals surface area contributed by atoms with Crippen LogP contribution in [-0.2, 0) is 9.47 Å². The number of carbonyl (C=O) groups is 1. The van der Waals surface area contributed by atoms with Crippen molar-refractivity contribution in [1.82, 2.24) is 14.8 Å². The number of primary amides is 1. The lowest BCUT2D eigenvalue weighted by molar-refractivity contribution is -0.0221. The highest BCUT2D eigenvalue weighted by Crippen LogP contribution is 2.35. The van der Waals surface area contributed by atoms with Crippen LogP contribution in [0.5, 0.6) is 0 Å². The van der Waals surface area contributed by atoms with Gasteiger partial charge in [0.25, 0.3) is 5.91 Å². The van der Waals surface area contributed by atoms with Gasteiger partial charge in [-0.3, -0.25) is 4.79 Å². The molecule has 2 N–H and O–H groups in total. The summed E-state index contributed by atoms with van der Waals surface area (Å²) in [5.41, 5.74) is 10.4. The Morgan fingerprint density at radius 1 is 1.11 bits per heavy atom. The maximum atomic E-state index is 11.8. The van der Waals surface area contributed by atoms with Crippen LogP contribution in [0.2, 0.25) is 0 Å². The van der Waals surface area contributed by atoms with E-state index in [4.69, 9.17) is 25.3 Å². The highest BCUT2D eigenvalue weighted by atomic mass is 32.1. The van der Waals surface area contributed by atoms with Gasteiger partial charge in [0.15, 0.2) is 5.82 Å². The van der Waals surface area contributed by atoms with E-state index >= 15 is 0 Å². The molecule has 182 valence electrons. The molecular formula is C26H29N5O3S. The van der Waals surface area contributed by atoms with Gasteiger partial charge < -0.3 is 20.1 Å². The Kier molecular flexibility index (Phi) is 6.81. The fourth-order valence-corrected chi connectivity index (χ4v) is 5.03. The SMILES string of the molecule is CC1COC1.Cc1cccc(-c2ccn(-c3cc(N4CCOCC4)c4sc(C(N)=O)cc4n3)n2)c1. The normalized spacial score (nSPS) is 16.0. The number of ether oxygens (including phenoxy) is 2. The molecule has 0 bridgehead atoms. The highest BCUT2D eigenvalue weighted by Gasteiger charge is 2.20. The molecule has 2 aliphatic heterocycles. The van der Waals surface area contributed by atoms with Crippen molar-refractivity contribution in [1.29, 1.82) is 0 Å². The van der Waals surface area contributed by atoms with Gasteiger partial charge in [0, 0.05) is 36.8 Å². The number of morpholine rings is 1. The summed E-state index contributed by atoms with van der Waals surface area (Å²) < 4.78 is 13.1. The molecule has 0 radical (unpaired) electrons. The zero-order chi connectivity index (χ0) is 24.4. The zero-order valence-corrected chi connectivity index (χ0v) is 20.8. The molecule has 2 fully saturated rings. The average Bonchev–Trinajstić information content (AvgIpc) is 3.51. The molecule has 9 heteroatoms. The topological polar surface area (TPSA) is 95.5 Å². The molecular weight excluding hydrogens is 462 g/mol. The highest BCUT2D eigenvalue weighted by molar-refractivity contribution is 7.21. The molecule has 0 unspecified atom stereocenters. The Labute approximate surface area is 208 Å². The molecule has 5 heterocycles. The second kappa shape index (κ2) is 10.2. The minimum atomic E-state index is -0.437. The predicted octanol–water partition coefficient (Wildman–Crippen LogP) is 4.05. The maximum absolute atomic E-state index is 11.8. The number of pyridine rings is 1. The minimum Gasteiger partial charge on any atom is -0.381 e. The van der Waals surface area contributed by atoms with Crippen LogP contribution in [0.1, 0.15) is 22.2 Å². The fourth-order valence-electron chi connectivity index (χ4n) is 4.03. The van der Waals surface area contributed by atoms with Crippen molar-refractivity contribution in [2.24, 2.45) is 11.7 Å². The molecule has 0 aliphatic carbocycles. The number of benzene rings is 1. The van der Waals surface area contributed by atoms with Gasteiger partial charge in [0.05, 0.1) is 52.9 Å². The molecule has 2 saturated heterocycles. The average molecular weight is 492 g/mol. The van der Waals surface area contributed by atoms with Gasteiger partial charge in [-0.05, 0) is 25.1 Å². The molecule has 0 saturated carbocycles. The molecule has 35 heavy (non-hydrogen) atoms. The zero-order valence-electron chi connectivity index (χ0n) is 19.9. The molecule has 2 aliphatic rings. The smallest absolute Gasteiger partial charge is 0.258 e. The summed E-state index contributed by atoms with van der Waals surface area (Å²) in [6, 6.07) is 14.0. The van der Waals surface area contributed by atoms with Gasteiger partial charge in [0.2, 0.25) is 0 Å². The van der Waals surface area contributed by atoms with Crippen molar-refractivity contribution < 1.29 is 14.3 Å². The van der Waals surface area contributed by atoms with Gasteiger partial charge in [-0.2, -0.15) is 5.10 Å². The van der Waals surface area contributed by atoms with E-state index in [9.17, 15) is 4.79 Å². The Bertz CT molecular complexity index is 1340. The van der Waals surface area contributed by atoms with Crippen LogP contribution < -0.4 is 10.6 Å². The van der Waals surface area contributed by atoms with E-state index in [-0.39, 0.29) is 0 Å². The minimum absolute atomic E-state index is 0.437. The van der Waals surface area contributed by atoms with Crippen LogP contribution in [0, 0.1) is 12.8 Å². The Morgan fingerprint density at radius 2 is 1.89 bits per heavy atom. The van der Waals surface area contributed by atoms with E-state index < -0.39 is 5.91 Å². The molecule has 0 spiro atoms. The van der Waals surface area contributed by atoms with Crippen LogP contribution in [0.25, 0.3) is 27.3 Å². The first-order chi connectivity index (χ1) is 17.0. The lowest BCUT2D eigenvalue weighted by atomic mass is 10.1. The van der Waals surface area contributed by atoms with Gasteiger partial charge in [-0.25, -0.2) is 9.67 Å². The first-order valence-electron chi connectivity index (χ1n) is 11.8. The Morgan fingerprint density at radius 3 is 2.54 bits per heavy atom. The summed E-state index contributed by atoms with van der Waals surface area (Å²) in [6.07, 6.45) is 1.91. The number of hydrogen-bond acceptors (Lipinski definition) is 7. The summed E-state index contributed by atoms with van der Waals surface area (Å²) in [6.45, 7) is 9.14. The lowest BCUT2D eigenvalue weighted by Crippen LogP contribution is -2.36. The number of aryl methyl sites for hydroxylation is 1. The predicted molar refractivity (Wildman–Crippen MR) is 138 cm³/mol. The molecule has 8 nitrogen and oxygen atoms in total. The number of nitrogens with two attached hydrogens (primary N) is 1. The van der Waals surface area contributed by atoms with Gasteiger partial charge >= 0.3 is 0 Å². The number of hydrogen-bond donors (Lipinski definition) is 1. The largest absolute Gasteiger partial charge is 0.381 e. The monoisotopic (exact) mass is 491 g/mol. The number of anilines is 1. The van der Waals surface area contributed by atoms with E-state index in [1.54, 1.807) is 10.7 Å². The summed E-state index contributed by atoms with van der Waals surface area (Å²) in [5.74, 6) is 1.11. The summed E-state index contributed by atoms with van der Waals surface area (Å²) in [5, 5.41) is 4.75. The molecule has 0 atom stereocenters. The van der Waals surface area contributed by atoms with E-state index in [1.165, 1.54) is 16.9 Å². The lowest BCUT2D eigenvalue weighted by Gasteiger charge is -2.29. The van der Waals surface area contributed by atoms with E-state index in [2.05, 4.69) is 30.9 Å². The quantitative estimate of drug-likeness (QED) is 0.463. The van der Waals surface area contributed by atoms with Crippen LogP contribution >= 0.6 is 11.3 Å². The molecule has 1 amide bonds. The van der Waals surface area contributed by atoms with Crippen molar-refractivity contribution in [2.75, 3.05) is 44.4 Å². The third-order valence-electron chi connectivity index (χ3n) is 5.98. The molecule has 6 rings (SSSR count). The van der Waals surface area contributed by atoms with E-state index in [0.29, 0.717) is 23.9 Å². The maximum Gasteiger partial charge on any atom is 0.258 e. The first-order valence-corrected chi connectivity index (χ1v) is 12.6. The number of rotatable bonds is 4. The number of fused-ring (bicyclic) bond motifs is 1. The summed E-state index contributed by atoms with van der Waals surface area (Å²) >= 11 is 1.38. The van der Waals surface area contributed by atoms with Gasteiger partial charge in [-0.15, -0.1) is 11.3 Å². The van der Waals surface area contributed by atoms with Crippen molar-refractivity contribution in [2.45, 2.75) is 13.8 Å². The van der Waals surface area contributed by atoms with Crippen molar-refractivity contribution >= 4 is 33.1 Å². The van der Waals surface area contributed by atoms with Gasteiger partial charge in [0.1, 0.15) is 0 Å². The van der Waals surface area contributed by atoms with Crippen molar-refractivity contribution in [3.8, 4) is 17.1 Å². The Balaban J connectivity index is 0.000000453. The van der Waals surface area contributed by atoms with E-state index in [0.717, 1.165) is 59.4 Å². The van der Waals surface area contributed by atoms with Crippen LogP contribution in [0.4, 0.5) is 5.69 Å².